The van der Waals surface area contributed by atoms with Gasteiger partial charge in [0.15, 0.2) is 0 Å². The quantitative estimate of drug-likeness (QED) is 0.897. The van der Waals surface area contributed by atoms with Gasteiger partial charge >= 0.3 is 0 Å². The minimum Gasteiger partial charge on any atom is -0.308 e. The maximum Gasteiger partial charge on any atom is 0.0570 e. The van der Waals surface area contributed by atoms with Crippen molar-refractivity contribution in [2.75, 3.05) is 0 Å². The van der Waals surface area contributed by atoms with Gasteiger partial charge in [-0.15, -0.1) is 0 Å². The minimum atomic E-state index is 0.769. The number of fused-ring (bicyclic) bond motifs is 5. The van der Waals surface area contributed by atoms with Crippen LogP contribution in [0.25, 0.3) is 0 Å². The van der Waals surface area contributed by atoms with Crippen LogP contribution in [0.3, 0.4) is 0 Å². The smallest absolute Gasteiger partial charge is 0.0570 e. The Morgan fingerprint density at radius 2 is 2.11 bits per heavy atom. The van der Waals surface area contributed by atoms with Crippen molar-refractivity contribution in [3.63, 3.8) is 0 Å². The van der Waals surface area contributed by atoms with Gasteiger partial charge in [-0.3, -0.25) is 4.98 Å². The Morgan fingerprint density at radius 1 is 1.21 bits per heavy atom. The fourth-order valence-electron chi connectivity index (χ4n) is 5.23. The number of rotatable bonds is 3. The molecule has 3 fully saturated rings. The van der Waals surface area contributed by atoms with Gasteiger partial charge in [0.05, 0.1) is 5.69 Å². The summed E-state index contributed by atoms with van der Waals surface area (Å²) in [5.41, 5.74) is 2.55. The van der Waals surface area contributed by atoms with Crippen LogP contribution < -0.4 is 5.32 Å². The lowest BCUT2D eigenvalue weighted by atomic mass is 9.79. The lowest BCUT2D eigenvalue weighted by Gasteiger charge is -2.32. The summed E-state index contributed by atoms with van der Waals surface area (Å²) in [4.78, 5) is 4.51. The molecule has 2 bridgehead atoms. The third-order valence-electron chi connectivity index (χ3n) is 6.08. The minimum absolute atomic E-state index is 0.769. The highest BCUT2D eigenvalue weighted by Crippen LogP contribution is 2.58. The van der Waals surface area contributed by atoms with Crippen LogP contribution in [-0.4, -0.2) is 11.0 Å². The summed E-state index contributed by atoms with van der Waals surface area (Å²) in [6, 6.07) is 4.96. The van der Waals surface area contributed by atoms with E-state index in [1.807, 2.05) is 12.3 Å². The number of nitrogens with zero attached hydrogens (tertiary/aromatic N) is 1. The van der Waals surface area contributed by atoms with Crippen molar-refractivity contribution in [3.05, 3.63) is 29.6 Å². The zero-order valence-electron chi connectivity index (χ0n) is 11.8. The number of aryl methyl sites for hydroxylation is 1. The average Bonchev–Trinajstić information content (AvgIpc) is 3.10. The van der Waals surface area contributed by atoms with Gasteiger partial charge in [0.2, 0.25) is 0 Å². The Bertz CT molecular complexity index is 470. The van der Waals surface area contributed by atoms with Gasteiger partial charge in [-0.05, 0) is 67.9 Å². The molecule has 1 heterocycles. The molecular formula is C17H24N2. The molecule has 19 heavy (non-hydrogen) atoms. The fourth-order valence-corrected chi connectivity index (χ4v) is 5.23. The molecule has 0 radical (unpaired) electrons. The molecule has 1 aromatic heterocycles. The number of hydrogen-bond donors (Lipinski definition) is 1. The lowest BCUT2D eigenvalue weighted by Crippen LogP contribution is -2.39. The molecule has 102 valence electrons. The molecule has 1 N–H and O–H groups in total. The first-order chi connectivity index (χ1) is 9.33. The molecule has 0 spiro atoms. The van der Waals surface area contributed by atoms with Gasteiger partial charge in [0.25, 0.3) is 0 Å². The van der Waals surface area contributed by atoms with E-state index in [-0.39, 0.29) is 0 Å². The summed E-state index contributed by atoms with van der Waals surface area (Å²) < 4.78 is 0. The van der Waals surface area contributed by atoms with Crippen LogP contribution in [0, 0.1) is 30.6 Å². The standard InChI is InChI=1S/C17H24N2/c1-11-4-3-7-18-17(11)10-19-16-9-12-8-15(16)14-6-2-5-13(12)14/h3-4,7,12-16,19H,2,5-6,8-10H2,1H3. The summed E-state index contributed by atoms with van der Waals surface area (Å²) in [5.74, 6) is 4.17. The van der Waals surface area contributed by atoms with E-state index in [2.05, 4.69) is 23.3 Å². The van der Waals surface area contributed by atoms with E-state index >= 15 is 0 Å². The van der Waals surface area contributed by atoms with E-state index < -0.39 is 0 Å². The van der Waals surface area contributed by atoms with Crippen molar-refractivity contribution < 1.29 is 0 Å². The Morgan fingerprint density at radius 3 is 3.00 bits per heavy atom. The third kappa shape index (κ3) is 1.92. The monoisotopic (exact) mass is 256 g/mol. The van der Waals surface area contributed by atoms with Crippen LogP contribution in [0.1, 0.15) is 43.4 Å². The number of aromatic nitrogens is 1. The lowest BCUT2D eigenvalue weighted by molar-refractivity contribution is 0.207. The molecule has 3 aliphatic carbocycles. The maximum atomic E-state index is 4.51. The average molecular weight is 256 g/mol. The number of pyridine rings is 1. The Kier molecular flexibility index (Phi) is 2.87. The first kappa shape index (κ1) is 11.9. The molecule has 0 saturated heterocycles. The molecule has 0 amide bonds. The van der Waals surface area contributed by atoms with Crippen molar-refractivity contribution in [3.8, 4) is 0 Å². The van der Waals surface area contributed by atoms with Crippen molar-refractivity contribution in [1.29, 1.82) is 0 Å². The summed E-state index contributed by atoms with van der Waals surface area (Å²) in [6.45, 7) is 3.12. The summed E-state index contributed by atoms with van der Waals surface area (Å²) >= 11 is 0. The highest BCUT2D eigenvalue weighted by atomic mass is 15.0. The second-order valence-corrected chi connectivity index (χ2v) is 6.91. The van der Waals surface area contributed by atoms with Gasteiger partial charge in [-0.1, -0.05) is 12.5 Å². The number of nitrogens with one attached hydrogen (secondary N) is 1. The maximum absolute atomic E-state index is 4.51. The van der Waals surface area contributed by atoms with Crippen LogP contribution in [-0.2, 0) is 6.54 Å². The summed E-state index contributed by atoms with van der Waals surface area (Å²) in [6.07, 6.45) is 9.38. The van der Waals surface area contributed by atoms with Gasteiger partial charge in [0, 0.05) is 18.8 Å². The first-order valence-electron chi connectivity index (χ1n) is 7.97. The predicted octanol–water partition coefficient (Wildman–Crippen LogP) is 3.30. The van der Waals surface area contributed by atoms with Crippen LogP contribution in [0.2, 0.25) is 0 Å². The highest BCUT2D eigenvalue weighted by Gasteiger charge is 2.53. The van der Waals surface area contributed by atoms with Gasteiger partial charge in [-0.2, -0.15) is 0 Å². The first-order valence-corrected chi connectivity index (χ1v) is 7.97. The molecule has 3 aliphatic rings. The molecule has 0 aromatic carbocycles. The van der Waals surface area contributed by atoms with Crippen LogP contribution in [0.4, 0.5) is 0 Å². The van der Waals surface area contributed by atoms with E-state index in [4.69, 9.17) is 0 Å². The third-order valence-corrected chi connectivity index (χ3v) is 6.08. The SMILES string of the molecule is Cc1cccnc1CNC1CC2CC1C1CCCC21. The van der Waals surface area contributed by atoms with E-state index in [1.165, 1.54) is 43.4 Å². The Labute approximate surface area is 116 Å². The topological polar surface area (TPSA) is 24.9 Å². The molecule has 0 aliphatic heterocycles. The Hall–Kier alpha value is -0.890. The molecule has 5 atom stereocenters. The largest absolute Gasteiger partial charge is 0.308 e. The van der Waals surface area contributed by atoms with Crippen molar-refractivity contribution in [1.82, 2.24) is 10.3 Å². The molecule has 1 aromatic rings. The molecule has 5 unspecified atom stereocenters. The van der Waals surface area contributed by atoms with E-state index in [1.54, 1.807) is 0 Å². The number of hydrogen-bond acceptors (Lipinski definition) is 2. The van der Waals surface area contributed by atoms with Crippen LogP contribution >= 0.6 is 0 Å². The van der Waals surface area contributed by atoms with E-state index in [0.29, 0.717) is 0 Å². The Balaban J connectivity index is 1.41. The molecule has 3 saturated carbocycles. The van der Waals surface area contributed by atoms with Crippen LogP contribution in [0.5, 0.6) is 0 Å². The normalized spacial score (nSPS) is 39.7. The highest BCUT2D eigenvalue weighted by molar-refractivity contribution is 5.17. The van der Waals surface area contributed by atoms with Crippen molar-refractivity contribution in [2.45, 2.75) is 51.6 Å². The van der Waals surface area contributed by atoms with Gasteiger partial charge in [0.1, 0.15) is 0 Å². The molecule has 4 rings (SSSR count). The molecule has 2 nitrogen and oxygen atoms in total. The zero-order chi connectivity index (χ0) is 12.8. The van der Waals surface area contributed by atoms with Crippen LogP contribution in [0.15, 0.2) is 18.3 Å². The van der Waals surface area contributed by atoms with E-state index in [9.17, 15) is 0 Å². The molecular weight excluding hydrogens is 232 g/mol. The second-order valence-electron chi connectivity index (χ2n) is 6.91. The zero-order valence-corrected chi connectivity index (χ0v) is 11.8. The summed E-state index contributed by atoms with van der Waals surface area (Å²) in [5, 5.41) is 3.82. The summed E-state index contributed by atoms with van der Waals surface area (Å²) in [7, 11) is 0. The van der Waals surface area contributed by atoms with Gasteiger partial charge in [-0.25, -0.2) is 0 Å². The predicted molar refractivity (Wildman–Crippen MR) is 76.6 cm³/mol. The second kappa shape index (κ2) is 4.59. The van der Waals surface area contributed by atoms with Gasteiger partial charge < -0.3 is 5.32 Å². The van der Waals surface area contributed by atoms with Crippen molar-refractivity contribution in [2.24, 2.45) is 23.7 Å². The van der Waals surface area contributed by atoms with Crippen molar-refractivity contribution >= 4 is 0 Å². The molecule has 2 heteroatoms. The van der Waals surface area contributed by atoms with E-state index in [0.717, 1.165) is 36.3 Å². The fraction of sp³-hybridized carbons (Fsp3) is 0.706.